The zero-order valence-electron chi connectivity index (χ0n) is 13.8. The number of hydrogen-bond acceptors (Lipinski definition) is 4. The van der Waals surface area contributed by atoms with E-state index in [4.69, 9.17) is 27.9 Å². The van der Waals surface area contributed by atoms with Gasteiger partial charge in [-0.25, -0.2) is 0 Å². The van der Waals surface area contributed by atoms with E-state index in [1.807, 2.05) is 0 Å². The van der Waals surface area contributed by atoms with Crippen LogP contribution in [-0.4, -0.2) is 24.7 Å². The van der Waals surface area contributed by atoms with E-state index in [-0.39, 0.29) is 22.3 Å². The van der Waals surface area contributed by atoms with Crippen LogP contribution in [0.4, 0.5) is 14.5 Å². The predicted molar refractivity (Wildman–Crippen MR) is 94.4 cm³/mol. The molecule has 6 nitrogen and oxygen atoms in total. The molecule has 1 aliphatic carbocycles. The summed E-state index contributed by atoms with van der Waals surface area (Å²) in [5.41, 5.74) is -0.516. The Kier molecular flexibility index (Phi) is 5.69. The van der Waals surface area contributed by atoms with E-state index in [1.165, 1.54) is 24.3 Å². The maximum Gasteiger partial charge on any atom is 0.345 e. The third-order valence-corrected chi connectivity index (χ3v) is 4.54. The lowest BCUT2D eigenvalue weighted by Gasteiger charge is -2.16. The predicted octanol–water partition coefficient (Wildman–Crippen LogP) is 4.03. The van der Waals surface area contributed by atoms with Crippen molar-refractivity contribution in [1.29, 1.82) is 0 Å². The zero-order chi connectivity index (χ0) is 19.6. The van der Waals surface area contributed by atoms with Gasteiger partial charge in [-0.05, 0) is 37.1 Å². The molecule has 0 bridgehead atoms. The largest absolute Gasteiger partial charge is 0.619 e. The second-order valence-corrected chi connectivity index (χ2v) is 6.83. The van der Waals surface area contributed by atoms with Crippen LogP contribution in [0.25, 0.3) is 0 Å². The highest BCUT2D eigenvalue weighted by Gasteiger charge is 2.47. The van der Waals surface area contributed by atoms with Gasteiger partial charge in [-0.3, -0.25) is 4.79 Å². The molecule has 0 atom stereocenters. The first-order valence-corrected chi connectivity index (χ1v) is 8.62. The Morgan fingerprint density at radius 3 is 2.33 bits per heavy atom. The zero-order valence-corrected chi connectivity index (χ0v) is 15.3. The number of amides is 1. The summed E-state index contributed by atoms with van der Waals surface area (Å²) in [6, 6.07) is 6.06. The average Bonchev–Trinajstić information content (AvgIpc) is 3.35. The molecule has 0 spiro atoms. The summed E-state index contributed by atoms with van der Waals surface area (Å²) >= 11 is 11.8. The number of halogens is 4. The summed E-state index contributed by atoms with van der Waals surface area (Å²) in [4.78, 5) is 12.3. The van der Waals surface area contributed by atoms with Crippen LogP contribution < -0.4 is 14.8 Å². The summed E-state index contributed by atoms with van der Waals surface area (Å²) in [7, 11) is 0. The Morgan fingerprint density at radius 2 is 1.81 bits per heavy atom. The lowest BCUT2D eigenvalue weighted by molar-refractivity contribution is -0.605. The minimum atomic E-state index is -2.84. The molecular formula is C17H14Cl2F2N2O4. The van der Waals surface area contributed by atoms with Crippen LogP contribution in [0.3, 0.4) is 0 Å². The maximum absolute atomic E-state index is 12.3. The van der Waals surface area contributed by atoms with E-state index >= 15 is 0 Å². The normalized spacial score (nSPS) is 14.9. The van der Waals surface area contributed by atoms with E-state index in [0.29, 0.717) is 28.9 Å². The summed E-state index contributed by atoms with van der Waals surface area (Å²) in [5.74, 6) is -0.0763. The van der Waals surface area contributed by atoms with Gasteiger partial charge in [-0.1, -0.05) is 23.2 Å². The molecule has 1 amide bonds. The number of carbonyl (C=O) groups is 1. The van der Waals surface area contributed by atoms with Crippen molar-refractivity contribution >= 4 is 34.8 Å². The SMILES string of the molecule is O=C(Nc1c(Cl)c[n+]([O-])cc1Cl)c1ccc(OCC2(OC(F)F)CC2)cc1. The lowest BCUT2D eigenvalue weighted by Crippen LogP contribution is -2.26. The van der Waals surface area contributed by atoms with Gasteiger partial charge < -0.3 is 20.0 Å². The van der Waals surface area contributed by atoms with Gasteiger partial charge >= 0.3 is 6.61 Å². The molecule has 1 fully saturated rings. The molecule has 3 rings (SSSR count). The molecule has 1 N–H and O–H groups in total. The Hall–Kier alpha value is -2.16. The summed E-state index contributed by atoms with van der Waals surface area (Å²) in [6.07, 6.45) is 3.16. The number of pyridine rings is 1. The molecule has 0 unspecified atom stereocenters. The molecule has 1 aliphatic rings. The second kappa shape index (κ2) is 7.84. The number of benzene rings is 1. The summed E-state index contributed by atoms with van der Waals surface area (Å²) in [6.45, 7) is -2.83. The first-order chi connectivity index (χ1) is 12.8. The Labute approximate surface area is 163 Å². The quantitative estimate of drug-likeness (QED) is 0.543. The van der Waals surface area contributed by atoms with E-state index < -0.39 is 18.1 Å². The van der Waals surface area contributed by atoms with Gasteiger partial charge in [0, 0.05) is 5.56 Å². The highest BCUT2D eigenvalue weighted by atomic mass is 35.5. The molecule has 10 heteroatoms. The molecule has 1 aromatic carbocycles. The van der Waals surface area contributed by atoms with Crippen LogP contribution in [0.2, 0.25) is 10.0 Å². The highest BCUT2D eigenvalue weighted by molar-refractivity contribution is 6.39. The van der Waals surface area contributed by atoms with Crippen LogP contribution >= 0.6 is 23.2 Å². The van der Waals surface area contributed by atoms with Crippen molar-refractivity contribution in [3.8, 4) is 5.75 Å². The Bertz CT molecular complexity index is 822. The molecular weight excluding hydrogens is 405 g/mol. The smallest absolute Gasteiger partial charge is 0.345 e. The van der Waals surface area contributed by atoms with Crippen molar-refractivity contribution in [2.45, 2.75) is 25.1 Å². The molecule has 1 aromatic heterocycles. The van der Waals surface area contributed by atoms with Crippen molar-refractivity contribution in [2.24, 2.45) is 0 Å². The molecule has 0 saturated heterocycles. The van der Waals surface area contributed by atoms with Crippen LogP contribution in [0, 0.1) is 5.21 Å². The Morgan fingerprint density at radius 1 is 1.22 bits per heavy atom. The number of carbonyl (C=O) groups excluding carboxylic acids is 1. The standard InChI is InChI=1S/C17H14Cl2F2N2O4/c18-12-7-23(25)8-13(19)14(12)22-15(24)10-1-3-11(4-2-10)26-9-17(5-6-17)27-16(20)21/h1-4,7-8,16H,5-6,9H2,(H,22,24). The van der Waals surface area contributed by atoms with Gasteiger partial charge in [0.25, 0.3) is 5.91 Å². The van der Waals surface area contributed by atoms with Crippen LogP contribution in [0.1, 0.15) is 23.2 Å². The summed E-state index contributed by atoms with van der Waals surface area (Å²) in [5, 5.41) is 13.8. The van der Waals surface area contributed by atoms with Crippen LogP contribution in [-0.2, 0) is 4.74 Å². The lowest BCUT2D eigenvalue weighted by atomic mass is 10.2. The number of anilines is 1. The van der Waals surface area contributed by atoms with Gasteiger partial charge in [0.05, 0.1) is 5.69 Å². The van der Waals surface area contributed by atoms with Gasteiger partial charge in [0.15, 0.2) is 0 Å². The van der Waals surface area contributed by atoms with Crippen molar-refractivity contribution in [1.82, 2.24) is 0 Å². The molecule has 0 radical (unpaired) electrons. The number of hydrogen-bond donors (Lipinski definition) is 1. The number of aromatic nitrogens is 1. The minimum Gasteiger partial charge on any atom is -0.619 e. The van der Waals surface area contributed by atoms with E-state index in [9.17, 15) is 18.8 Å². The second-order valence-electron chi connectivity index (χ2n) is 6.02. The van der Waals surface area contributed by atoms with Crippen molar-refractivity contribution in [2.75, 3.05) is 11.9 Å². The molecule has 0 aliphatic heterocycles. The van der Waals surface area contributed by atoms with Gasteiger partial charge in [-0.2, -0.15) is 13.5 Å². The molecule has 2 aromatic rings. The van der Waals surface area contributed by atoms with Gasteiger partial charge in [-0.15, -0.1) is 0 Å². The van der Waals surface area contributed by atoms with E-state index in [1.54, 1.807) is 0 Å². The first-order valence-electron chi connectivity index (χ1n) is 7.86. The number of rotatable bonds is 7. The third-order valence-electron chi connectivity index (χ3n) is 3.96. The number of alkyl halides is 2. The fourth-order valence-corrected chi connectivity index (χ4v) is 2.89. The van der Waals surface area contributed by atoms with Crippen LogP contribution in [0.5, 0.6) is 5.75 Å². The third kappa shape index (κ3) is 4.97. The fraction of sp³-hybridized carbons (Fsp3) is 0.294. The van der Waals surface area contributed by atoms with Crippen molar-refractivity contribution in [3.63, 3.8) is 0 Å². The average molecular weight is 419 g/mol. The highest BCUT2D eigenvalue weighted by Crippen LogP contribution is 2.41. The van der Waals surface area contributed by atoms with Crippen LogP contribution in [0.15, 0.2) is 36.7 Å². The fourth-order valence-electron chi connectivity index (χ4n) is 2.35. The number of ether oxygens (including phenoxy) is 2. The number of nitrogens with zero attached hydrogens (tertiary/aromatic N) is 1. The monoisotopic (exact) mass is 418 g/mol. The topological polar surface area (TPSA) is 74.5 Å². The Balaban J connectivity index is 1.61. The molecule has 27 heavy (non-hydrogen) atoms. The summed E-state index contributed by atoms with van der Waals surface area (Å²) < 4.78 is 35.1. The molecule has 1 saturated carbocycles. The van der Waals surface area contributed by atoms with E-state index in [0.717, 1.165) is 12.4 Å². The number of nitrogens with one attached hydrogen (secondary N) is 1. The van der Waals surface area contributed by atoms with Crippen molar-refractivity contribution in [3.05, 3.63) is 57.5 Å². The molecule has 144 valence electrons. The maximum atomic E-state index is 12.3. The first kappa shape index (κ1) is 19.6. The van der Waals surface area contributed by atoms with E-state index in [2.05, 4.69) is 10.1 Å². The molecule has 1 heterocycles. The van der Waals surface area contributed by atoms with Crippen molar-refractivity contribution < 1.29 is 27.8 Å². The van der Waals surface area contributed by atoms with Gasteiger partial charge in [0.2, 0.25) is 12.4 Å². The van der Waals surface area contributed by atoms with Gasteiger partial charge in [0.1, 0.15) is 28.0 Å². The minimum absolute atomic E-state index is 0.000403.